The van der Waals surface area contributed by atoms with E-state index in [0.29, 0.717) is 43.8 Å². The van der Waals surface area contributed by atoms with Crippen molar-refractivity contribution in [2.75, 3.05) is 13.2 Å². The van der Waals surface area contributed by atoms with Crippen molar-refractivity contribution in [1.82, 2.24) is 0 Å². The highest BCUT2D eigenvalue weighted by atomic mass is 16.5. The first-order valence-electron chi connectivity index (χ1n) is 6.90. The molecule has 1 aromatic rings. The summed E-state index contributed by atoms with van der Waals surface area (Å²) >= 11 is 0. The topological polar surface area (TPSA) is 76.0 Å². The average Bonchev–Trinajstić information content (AvgIpc) is 2.46. The molecule has 0 fully saturated rings. The third kappa shape index (κ3) is 2.88. The average molecular weight is 280 g/mol. The van der Waals surface area contributed by atoms with Crippen LogP contribution in [0.2, 0.25) is 0 Å². The first-order chi connectivity index (χ1) is 9.61. The predicted molar refractivity (Wildman–Crippen MR) is 73.2 cm³/mol. The molecule has 0 spiro atoms. The fourth-order valence-electron chi connectivity index (χ4n) is 2.33. The highest BCUT2D eigenvalue weighted by Crippen LogP contribution is 2.37. The predicted octanol–water partition coefficient (Wildman–Crippen LogP) is 2.01. The zero-order chi connectivity index (χ0) is 14.6. The van der Waals surface area contributed by atoms with Crippen LogP contribution in [0.3, 0.4) is 0 Å². The van der Waals surface area contributed by atoms with Gasteiger partial charge in [0.25, 0.3) is 0 Å². The van der Waals surface area contributed by atoms with E-state index in [1.807, 2.05) is 19.1 Å². The Morgan fingerprint density at radius 1 is 1.50 bits per heavy atom. The van der Waals surface area contributed by atoms with Gasteiger partial charge in [0.2, 0.25) is 5.60 Å². The third-order valence-electron chi connectivity index (χ3n) is 3.67. The number of fused-ring (bicyclic) bond motifs is 1. The Morgan fingerprint density at radius 2 is 2.30 bits per heavy atom. The molecule has 1 atom stereocenters. The molecule has 0 aliphatic carbocycles. The van der Waals surface area contributed by atoms with Crippen LogP contribution < -0.4 is 9.47 Å². The highest BCUT2D eigenvalue weighted by molar-refractivity contribution is 5.78. The maximum absolute atomic E-state index is 11.4. The van der Waals surface area contributed by atoms with Crippen LogP contribution in [0, 0.1) is 0 Å². The van der Waals surface area contributed by atoms with E-state index in [0.717, 1.165) is 5.56 Å². The molecule has 1 aromatic carbocycles. The Bertz CT molecular complexity index is 485. The summed E-state index contributed by atoms with van der Waals surface area (Å²) in [5.41, 5.74) is -0.124. The van der Waals surface area contributed by atoms with E-state index in [4.69, 9.17) is 14.6 Å². The van der Waals surface area contributed by atoms with Gasteiger partial charge in [-0.3, -0.25) is 0 Å². The van der Waals surface area contributed by atoms with Crippen LogP contribution in [-0.2, 0) is 11.2 Å². The molecule has 1 unspecified atom stereocenters. The van der Waals surface area contributed by atoms with Crippen LogP contribution in [-0.4, -0.2) is 35.0 Å². The van der Waals surface area contributed by atoms with Gasteiger partial charge in [-0.1, -0.05) is 13.0 Å². The van der Waals surface area contributed by atoms with Gasteiger partial charge in [0, 0.05) is 25.5 Å². The molecule has 0 radical (unpaired) electrons. The lowest BCUT2D eigenvalue weighted by Gasteiger charge is -2.34. The first kappa shape index (κ1) is 14.7. The van der Waals surface area contributed by atoms with Crippen LogP contribution in [0.5, 0.6) is 11.5 Å². The molecule has 0 saturated heterocycles. The molecule has 1 aliphatic rings. The number of carboxylic acid groups (broad SMARTS) is 1. The minimum absolute atomic E-state index is 0.0827. The Labute approximate surface area is 118 Å². The van der Waals surface area contributed by atoms with Gasteiger partial charge in [-0.15, -0.1) is 0 Å². The molecule has 5 nitrogen and oxygen atoms in total. The van der Waals surface area contributed by atoms with Gasteiger partial charge >= 0.3 is 5.97 Å². The molecule has 110 valence electrons. The van der Waals surface area contributed by atoms with E-state index in [2.05, 4.69) is 0 Å². The summed E-state index contributed by atoms with van der Waals surface area (Å²) in [6, 6.07) is 5.49. The molecule has 0 bridgehead atoms. The second-order valence-corrected chi connectivity index (χ2v) is 4.95. The van der Waals surface area contributed by atoms with Gasteiger partial charge in [0.15, 0.2) is 0 Å². The summed E-state index contributed by atoms with van der Waals surface area (Å²) in [4.78, 5) is 11.4. The van der Waals surface area contributed by atoms with Crippen molar-refractivity contribution in [2.45, 2.75) is 38.2 Å². The van der Waals surface area contributed by atoms with Crippen molar-refractivity contribution >= 4 is 5.97 Å². The summed E-state index contributed by atoms with van der Waals surface area (Å²) in [6.45, 7) is 2.33. The summed E-state index contributed by atoms with van der Waals surface area (Å²) in [5, 5.41) is 18.1. The maximum Gasteiger partial charge on any atom is 0.348 e. The monoisotopic (exact) mass is 280 g/mol. The Kier molecular flexibility index (Phi) is 4.49. The van der Waals surface area contributed by atoms with Gasteiger partial charge in [0.1, 0.15) is 11.5 Å². The minimum Gasteiger partial charge on any atom is -0.493 e. The number of hydrogen-bond acceptors (Lipinski definition) is 4. The summed E-state index contributed by atoms with van der Waals surface area (Å²) in [7, 11) is 0. The molecular weight excluding hydrogens is 260 g/mol. The van der Waals surface area contributed by atoms with Crippen LogP contribution in [0.25, 0.3) is 0 Å². The number of hydrogen-bond donors (Lipinski definition) is 2. The fourth-order valence-corrected chi connectivity index (χ4v) is 2.33. The zero-order valence-electron chi connectivity index (χ0n) is 11.6. The van der Waals surface area contributed by atoms with E-state index < -0.39 is 11.6 Å². The SMILES string of the molecule is CCC1(C(=O)O)CCc2ccc(OCCCO)cc2O1. The van der Waals surface area contributed by atoms with E-state index in [1.54, 1.807) is 6.07 Å². The van der Waals surface area contributed by atoms with Crippen molar-refractivity contribution in [2.24, 2.45) is 0 Å². The minimum atomic E-state index is -1.13. The number of aliphatic carboxylic acids is 1. The second kappa shape index (κ2) is 6.13. The summed E-state index contributed by atoms with van der Waals surface area (Å²) in [5.74, 6) is 0.300. The normalized spacial score (nSPS) is 20.9. The molecule has 20 heavy (non-hydrogen) atoms. The fraction of sp³-hybridized carbons (Fsp3) is 0.533. The van der Waals surface area contributed by atoms with Gasteiger partial charge in [-0.05, 0) is 24.5 Å². The number of benzene rings is 1. The molecule has 0 aromatic heterocycles. The van der Waals surface area contributed by atoms with Crippen LogP contribution in [0.4, 0.5) is 0 Å². The number of aryl methyl sites for hydroxylation is 1. The number of aliphatic hydroxyl groups excluding tert-OH is 1. The third-order valence-corrected chi connectivity index (χ3v) is 3.67. The first-order valence-corrected chi connectivity index (χ1v) is 6.90. The Hall–Kier alpha value is -1.75. The number of ether oxygens (including phenoxy) is 2. The molecule has 2 rings (SSSR count). The quantitative estimate of drug-likeness (QED) is 0.779. The van der Waals surface area contributed by atoms with Crippen molar-refractivity contribution in [3.8, 4) is 11.5 Å². The van der Waals surface area contributed by atoms with Crippen LogP contribution in [0.15, 0.2) is 18.2 Å². The van der Waals surface area contributed by atoms with E-state index >= 15 is 0 Å². The van der Waals surface area contributed by atoms with E-state index in [-0.39, 0.29) is 6.61 Å². The smallest absolute Gasteiger partial charge is 0.348 e. The van der Waals surface area contributed by atoms with E-state index in [1.165, 1.54) is 0 Å². The number of carbonyl (C=O) groups is 1. The lowest BCUT2D eigenvalue weighted by molar-refractivity contribution is -0.157. The van der Waals surface area contributed by atoms with Crippen molar-refractivity contribution < 1.29 is 24.5 Å². The highest BCUT2D eigenvalue weighted by Gasteiger charge is 2.42. The Morgan fingerprint density at radius 3 is 2.95 bits per heavy atom. The molecule has 2 N–H and O–H groups in total. The molecule has 0 saturated carbocycles. The molecule has 1 aliphatic heterocycles. The van der Waals surface area contributed by atoms with Crippen molar-refractivity contribution in [3.05, 3.63) is 23.8 Å². The van der Waals surface area contributed by atoms with Gasteiger partial charge < -0.3 is 19.7 Å². The summed E-state index contributed by atoms with van der Waals surface area (Å²) in [6.07, 6.45) is 2.16. The number of carboxylic acids is 1. The Balaban J connectivity index is 2.17. The van der Waals surface area contributed by atoms with Crippen molar-refractivity contribution in [1.29, 1.82) is 0 Å². The largest absolute Gasteiger partial charge is 0.493 e. The number of rotatable bonds is 6. The van der Waals surface area contributed by atoms with Crippen molar-refractivity contribution in [3.63, 3.8) is 0 Å². The van der Waals surface area contributed by atoms with Gasteiger partial charge in [-0.25, -0.2) is 4.79 Å². The molecule has 1 heterocycles. The van der Waals surface area contributed by atoms with Gasteiger partial charge in [-0.2, -0.15) is 0 Å². The lowest BCUT2D eigenvalue weighted by atomic mass is 9.89. The zero-order valence-corrected chi connectivity index (χ0v) is 11.6. The number of aliphatic hydroxyl groups is 1. The van der Waals surface area contributed by atoms with E-state index in [9.17, 15) is 9.90 Å². The molecular formula is C15H20O5. The molecule has 5 heteroatoms. The lowest BCUT2D eigenvalue weighted by Crippen LogP contribution is -2.46. The maximum atomic E-state index is 11.4. The van der Waals surface area contributed by atoms with Crippen LogP contribution in [0.1, 0.15) is 31.7 Å². The summed E-state index contributed by atoms with van der Waals surface area (Å²) < 4.78 is 11.2. The van der Waals surface area contributed by atoms with Gasteiger partial charge in [0.05, 0.1) is 6.61 Å². The van der Waals surface area contributed by atoms with Crippen LogP contribution >= 0.6 is 0 Å². The second-order valence-electron chi connectivity index (χ2n) is 4.95. The standard InChI is InChI=1S/C15H20O5/c1-2-15(14(17)18)7-6-11-4-5-12(10-13(11)20-15)19-9-3-8-16/h4-5,10,16H,2-3,6-9H2,1H3,(H,17,18). The molecule has 0 amide bonds.